The highest BCUT2D eigenvalue weighted by atomic mass is 32.1. The zero-order valence-corrected chi connectivity index (χ0v) is 18.3. The van der Waals surface area contributed by atoms with Crippen LogP contribution in [0.2, 0.25) is 0 Å². The molecule has 1 aromatic carbocycles. The molecule has 5 nitrogen and oxygen atoms in total. The van der Waals surface area contributed by atoms with E-state index in [1.165, 1.54) is 0 Å². The number of carbonyl (C=O) groups is 2. The van der Waals surface area contributed by atoms with Gasteiger partial charge in [0.15, 0.2) is 16.6 Å². The van der Waals surface area contributed by atoms with Crippen molar-refractivity contribution in [1.82, 2.24) is 9.88 Å². The molecule has 1 amide bonds. The number of fused-ring (bicyclic) bond motifs is 1. The van der Waals surface area contributed by atoms with Crippen LogP contribution in [0.3, 0.4) is 0 Å². The fraction of sp³-hybridized carbons (Fsp3) is 0.381. The predicted molar refractivity (Wildman–Crippen MR) is 107 cm³/mol. The quantitative estimate of drug-likeness (QED) is 0.455. The van der Waals surface area contributed by atoms with Gasteiger partial charge in [0.05, 0.1) is 11.8 Å². The largest absolute Gasteiger partial charge is 0.459 e. The number of nitrogens with zero attached hydrogens (tertiary/aromatic N) is 2. The Morgan fingerprint density at radius 2 is 1.84 bits per heavy atom. The van der Waals surface area contributed by atoms with Gasteiger partial charge in [-0.3, -0.25) is 4.79 Å². The lowest BCUT2D eigenvalue weighted by Gasteiger charge is -2.28. The van der Waals surface area contributed by atoms with Crippen LogP contribution in [-0.4, -0.2) is 34.4 Å². The molecular formula is C21H19F5N2O3S. The van der Waals surface area contributed by atoms with Crippen LogP contribution in [0.4, 0.5) is 22.0 Å². The molecule has 1 aliphatic rings. The van der Waals surface area contributed by atoms with Crippen molar-refractivity contribution in [2.45, 2.75) is 45.4 Å². The Hall–Kier alpha value is -2.82. The molecular weight excluding hydrogens is 455 g/mol. The Balaban J connectivity index is 2.16. The van der Waals surface area contributed by atoms with Gasteiger partial charge in [-0.25, -0.2) is 18.6 Å². The number of thiazole rings is 1. The Labute approximate surface area is 184 Å². The number of aromatic nitrogens is 1. The molecule has 0 saturated carbocycles. The van der Waals surface area contributed by atoms with Crippen molar-refractivity contribution >= 4 is 28.8 Å². The molecule has 0 unspecified atom stereocenters. The second-order valence-electron chi connectivity index (χ2n) is 8.14. The third-order valence-electron chi connectivity index (χ3n) is 4.58. The van der Waals surface area contributed by atoms with Crippen LogP contribution < -0.4 is 0 Å². The van der Waals surface area contributed by atoms with Crippen molar-refractivity contribution in [3.05, 3.63) is 57.2 Å². The van der Waals surface area contributed by atoms with Crippen LogP contribution >= 0.6 is 11.3 Å². The Kier molecular flexibility index (Phi) is 6.16. The van der Waals surface area contributed by atoms with Crippen LogP contribution in [0.15, 0.2) is 24.4 Å². The molecule has 0 saturated heterocycles. The minimum atomic E-state index is -4.72. The molecule has 2 heterocycles. The summed E-state index contributed by atoms with van der Waals surface area (Å²) in [5.41, 5.74) is -1.80. The molecule has 0 spiro atoms. The number of hydrogen-bond donors (Lipinski definition) is 0. The van der Waals surface area contributed by atoms with E-state index in [0.717, 1.165) is 23.2 Å². The van der Waals surface area contributed by atoms with Crippen molar-refractivity contribution in [3.63, 3.8) is 0 Å². The lowest BCUT2D eigenvalue weighted by molar-refractivity contribution is -0.140. The van der Waals surface area contributed by atoms with Gasteiger partial charge < -0.3 is 9.64 Å². The lowest BCUT2D eigenvalue weighted by Crippen LogP contribution is -2.36. The van der Waals surface area contributed by atoms with Crippen LogP contribution in [0.25, 0.3) is 5.57 Å². The number of alkyl halides is 3. The molecule has 0 bridgehead atoms. The molecule has 0 N–H and O–H groups in total. The van der Waals surface area contributed by atoms with E-state index in [2.05, 4.69) is 4.98 Å². The zero-order chi connectivity index (χ0) is 24.0. The third kappa shape index (κ3) is 4.67. The second-order valence-corrected chi connectivity index (χ2v) is 9.14. The molecule has 0 aliphatic carbocycles. The maximum atomic E-state index is 13.7. The van der Waals surface area contributed by atoms with E-state index in [1.807, 2.05) is 0 Å². The molecule has 0 radical (unpaired) electrons. The highest BCUT2D eigenvalue weighted by Gasteiger charge is 2.43. The van der Waals surface area contributed by atoms with Crippen LogP contribution in [0.5, 0.6) is 0 Å². The summed E-state index contributed by atoms with van der Waals surface area (Å²) in [6, 6.07) is 2.58. The van der Waals surface area contributed by atoms with Gasteiger partial charge >= 0.3 is 12.1 Å². The molecule has 1 aromatic heterocycles. The number of amides is 1. The fourth-order valence-electron chi connectivity index (χ4n) is 3.20. The van der Waals surface area contributed by atoms with E-state index in [4.69, 9.17) is 4.74 Å². The fourth-order valence-corrected chi connectivity index (χ4v) is 4.23. The van der Waals surface area contributed by atoms with E-state index in [-0.39, 0.29) is 28.3 Å². The van der Waals surface area contributed by atoms with E-state index in [1.54, 1.807) is 27.7 Å². The number of esters is 1. The predicted octanol–water partition coefficient (Wildman–Crippen LogP) is 5.17. The Bertz CT molecular complexity index is 1110. The molecule has 172 valence electrons. The highest BCUT2D eigenvalue weighted by Crippen LogP contribution is 2.43. The monoisotopic (exact) mass is 474 g/mol. The normalized spacial score (nSPS) is 15.8. The van der Waals surface area contributed by atoms with Gasteiger partial charge in [-0.05, 0) is 32.0 Å². The van der Waals surface area contributed by atoms with Gasteiger partial charge in [0.25, 0.3) is 5.91 Å². The summed E-state index contributed by atoms with van der Waals surface area (Å²) >= 11 is 0.384. The minimum Gasteiger partial charge on any atom is -0.459 e. The summed E-state index contributed by atoms with van der Waals surface area (Å²) in [6.07, 6.45) is -4.25. The average Bonchev–Trinajstić information content (AvgIpc) is 3.08. The van der Waals surface area contributed by atoms with Crippen LogP contribution in [0.1, 0.15) is 53.6 Å². The number of halogens is 5. The van der Waals surface area contributed by atoms with Crippen molar-refractivity contribution < 1.29 is 36.3 Å². The maximum absolute atomic E-state index is 13.7. The summed E-state index contributed by atoms with van der Waals surface area (Å²) in [4.78, 5) is 30.7. The number of hydrogen-bond acceptors (Lipinski definition) is 5. The van der Waals surface area contributed by atoms with Crippen molar-refractivity contribution in [1.29, 1.82) is 0 Å². The highest BCUT2D eigenvalue weighted by molar-refractivity contribution is 7.12. The summed E-state index contributed by atoms with van der Waals surface area (Å²) in [5, 5.41) is -1.13. The maximum Gasteiger partial charge on any atom is 0.443 e. The summed E-state index contributed by atoms with van der Waals surface area (Å²) < 4.78 is 72.1. The van der Waals surface area contributed by atoms with Gasteiger partial charge in [-0.1, -0.05) is 13.8 Å². The first kappa shape index (κ1) is 23.8. The van der Waals surface area contributed by atoms with Crippen LogP contribution in [0, 0.1) is 11.6 Å². The second kappa shape index (κ2) is 8.27. The Morgan fingerprint density at radius 1 is 1.19 bits per heavy atom. The molecule has 0 fully saturated rings. The van der Waals surface area contributed by atoms with E-state index in [0.29, 0.717) is 17.4 Å². The SMILES string of the molecule is CC(C)OC(=O)C1=CN(C(=O)c2ccc(F)c(F)c2)CC(C)(C)c2sc(C(F)(F)F)nc21. The van der Waals surface area contributed by atoms with Gasteiger partial charge in [0.2, 0.25) is 0 Å². The van der Waals surface area contributed by atoms with Crippen molar-refractivity contribution in [2.24, 2.45) is 0 Å². The minimum absolute atomic E-state index is 0.143. The van der Waals surface area contributed by atoms with E-state index >= 15 is 0 Å². The van der Waals surface area contributed by atoms with Crippen molar-refractivity contribution in [3.8, 4) is 0 Å². The molecule has 11 heteroatoms. The van der Waals surface area contributed by atoms with Crippen LogP contribution in [-0.2, 0) is 21.1 Å². The number of carbonyl (C=O) groups excluding carboxylic acids is 2. The number of benzene rings is 1. The number of rotatable bonds is 3. The van der Waals surface area contributed by atoms with Gasteiger partial charge in [0.1, 0.15) is 5.57 Å². The standard InChI is InChI=1S/C21H19F5N2O3S/c1-10(2)31-18(30)12-8-28(17(29)11-5-6-13(22)14(23)7-11)9-20(3,4)16-15(12)27-19(32-16)21(24,25)26/h5-8,10H,9H2,1-4H3. The topological polar surface area (TPSA) is 59.5 Å². The summed E-state index contributed by atoms with van der Waals surface area (Å²) in [7, 11) is 0. The molecule has 1 aliphatic heterocycles. The molecule has 3 rings (SSSR count). The van der Waals surface area contributed by atoms with Gasteiger partial charge in [-0.2, -0.15) is 13.2 Å². The zero-order valence-electron chi connectivity index (χ0n) is 17.5. The first-order chi connectivity index (χ1) is 14.7. The molecule has 32 heavy (non-hydrogen) atoms. The van der Waals surface area contributed by atoms with Gasteiger partial charge in [0, 0.05) is 28.6 Å². The molecule has 2 aromatic rings. The smallest absolute Gasteiger partial charge is 0.443 e. The first-order valence-corrected chi connectivity index (χ1v) is 10.3. The molecule has 0 atom stereocenters. The lowest BCUT2D eigenvalue weighted by atomic mass is 9.89. The summed E-state index contributed by atoms with van der Waals surface area (Å²) in [5.74, 6) is -4.09. The van der Waals surface area contributed by atoms with Crippen molar-refractivity contribution in [2.75, 3.05) is 6.54 Å². The van der Waals surface area contributed by atoms with E-state index < -0.39 is 46.2 Å². The van der Waals surface area contributed by atoms with Gasteiger partial charge in [-0.15, -0.1) is 11.3 Å². The summed E-state index contributed by atoms with van der Waals surface area (Å²) in [6.45, 7) is 6.18. The van der Waals surface area contributed by atoms with E-state index in [9.17, 15) is 31.5 Å². The third-order valence-corrected chi connectivity index (χ3v) is 6.05. The number of ether oxygens (including phenoxy) is 1. The average molecular weight is 474 g/mol. The Morgan fingerprint density at radius 3 is 2.41 bits per heavy atom. The first-order valence-electron chi connectivity index (χ1n) is 9.48.